The summed E-state index contributed by atoms with van der Waals surface area (Å²) >= 11 is 0. The summed E-state index contributed by atoms with van der Waals surface area (Å²) < 4.78 is 0. The molecular weight excluding hydrogens is 378 g/mol. The summed E-state index contributed by atoms with van der Waals surface area (Å²) in [6.07, 6.45) is 13.6. The first-order valence-electron chi connectivity index (χ1n) is 9.54. The summed E-state index contributed by atoms with van der Waals surface area (Å²) in [5.41, 5.74) is 2.12. The third kappa shape index (κ3) is 4.61. The topological polar surface area (TPSA) is 28.1 Å². The second-order valence-electron chi connectivity index (χ2n) is 7.71. The van der Waals surface area contributed by atoms with E-state index in [-0.39, 0.29) is 58.2 Å². The average Bonchev–Trinajstić information content (AvgIpc) is 2.68. The fraction of sp³-hybridized carbons (Fsp3) is 0.500. The van der Waals surface area contributed by atoms with Gasteiger partial charge in [-0.3, -0.25) is 0 Å². The molecule has 124 valence electrons. The molecule has 0 spiro atoms. The van der Waals surface area contributed by atoms with Crippen molar-refractivity contribution < 1.29 is 58.2 Å². The zero-order valence-corrected chi connectivity index (χ0v) is 20.2. The van der Waals surface area contributed by atoms with Gasteiger partial charge in [-0.25, -0.2) is 0 Å². The van der Waals surface area contributed by atoms with Crippen LogP contribution in [0.3, 0.4) is 0 Å². The molecule has 0 amide bonds. The van der Waals surface area contributed by atoms with Crippen LogP contribution in [-0.4, -0.2) is 0 Å². The van der Waals surface area contributed by atoms with Crippen LogP contribution in [0.15, 0.2) is 36.4 Å². The van der Waals surface area contributed by atoms with Crippen LogP contribution in [0.1, 0.15) is 62.8 Å². The van der Waals surface area contributed by atoms with Gasteiger partial charge in [-0.05, 0) is 65.8 Å². The summed E-state index contributed by atoms with van der Waals surface area (Å²) in [6.45, 7) is 0. The molecule has 0 heterocycles. The van der Waals surface area contributed by atoms with E-state index >= 15 is 0 Å². The first kappa shape index (κ1) is 19.7. The standard InChI is InChI=1S/C22H26N2.Rb/c23-24-22-13-12-20-14-19(10-11-21(20)15-22)18-8-6-17(7-9-18)16-4-2-1-3-5-16;/h1,10-18H,2-9H2;/q;+1. The third-order valence-corrected chi connectivity index (χ3v) is 6.36. The molecule has 0 atom stereocenters. The molecule has 2 nitrogen and oxygen atoms in total. The minimum atomic E-state index is 0. The second kappa shape index (κ2) is 9.22. The summed E-state index contributed by atoms with van der Waals surface area (Å²) in [4.78, 5) is 3.28. The molecule has 0 aliphatic heterocycles. The van der Waals surface area contributed by atoms with Crippen molar-refractivity contribution in [1.82, 2.24) is 0 Å². The van der Waals surface area contributed by atoms with E-state index in [2.05, 4.69) is 35.7 Å². The van der Waals surface area contributed by atoms with E-state index in [1.807, 2.05) is 12.1 Å². The smallest absolute Gasteiger partial charge is 0.328 e. The van der Waals surface area contributed by atoms with Gasteiger partial charge in [-0.15, -0.1) is 0 Å². The number of nitrogens with zero attached hydrogens (tertiary/aromatic N) is 2. The van der Waals surface area contributed by atoms with Crippen molar-refractivity contribution in [2.45, 2.75) is 57.3 Å². The van der Waals surface area contributed by atoms with Crippen molar-refractivity contribution in [2.24, 2.45) is 11.8 Å². The Hall–Kier alpha value is -0.0748. The number of benzene rings is 2. The van der Waals surface area contributed by atoms with Gasteiger partial charge in [0.05, 0.1) is 0 Å². The zero-order chi connectivity index (χ0) is 16.4. The van der Waals surface area contributed by atoms with E-state index in [0.717, 1.165) is 23.1 Å². The van der Waals surface area contributed by atoms with Crippen molar-refractivity contribution in [2.75, 3.05) is 0 Å². The quantitative estimate of drug-likeness (QED) is 0.550. The number of diazo groups is 1. The first-order chi connectivity index (χ1) is 11.8. The SMILES string of the molecule is N#[N+]c1ccc2cc(C3CCC(C4CC[CH-]CC4)CC3)ccc2c1.[Rb+]. The average molecular weight is 404 g/mol. The Bertz CT molecular complexity index is 750. The Morgan fingerprint density at radius 2 is 1.44 bits per heavy atom. The molecule has 0 N–H and O–H groups in total. The van der Waals surface area contributed by atoms with Crippen molar-refractivity contribution in [3.05, 3.63) is 53.4 Å². The molecule has 25 heavy (non-hydrogen) atoms. The number of fused-ring (bicyclic) bond motifs is 1. The van der Waals surface area contributed by atoms with Crippen LogP contribution in [0, 0.1) is 23.6 Å². The molecule has 0 saturated heterocycles. The van der Waals surface area contributed by atoms with Crippen molar-refractivity contribution in [1.29, 1.82) is 5.39 Å². The predicted octanol–water partition coefficient (Wildman–Crippen LogP) is 4.00. The Labute approximate surface area is 200 Å². The number of hydrogen-bond acceptors (Lipinski definition) is 1. The van der Waals surface area contributed by atoms with E-state index in [9.17, 15) is 0 Å². The van der Waals surface area contributed by atoms with Crippen LogP contribution in [0.25, 0.3) is 15.7 Å². The Morgan fingerprint density at radius 3 is 2.16 bits per heavy atom. The molecule has 0 aromatic heterocycles. The normalized spacial score (nSPS) is 24.4. The minimum Gasteiger partial charge on any atom is -0.328 e. The molecule has 2 aliphatic rings. The zero-order valence-electron chi connectivity index (χ0n) is 15.3. The minimum absolute atomic E-state index is 0. The third-order valence-electron chi connectivity index (χ3n) is 6.36. The Kier molecular flexibility index (Phi) is 7.26. The van der Waals surface area contributed by atoms with Gasteiger partial charge in [-0.1, -0.05) is 31.0 Å². The van der Waals surface area contributed by atoms with Crippen molar-refractivity contribution in [3.8, 4) is 0 Å². The van der Waals surface area contributed by atoms with Gasteiger partial charge in [-0.2, -0.15) is 12.8 Å². The van der Waals surface area contributed by atoms with Gasteiger partial charge < -0.3 is 6.42 Å². The summed E-state index contributed by atoms with van der Waals surface area (Å²) in [5.74, 6) is 2.69. The van der Waals surface area contributed by atoms with Gasteiger partial charge in [0.15, 0.2) is 4.98 Å². The Morgan fingerprint density at radius 1 is 0.800 bits per heavy atom. The molecule has 2 aromatic carbocycles. The van der Waals surface area contributed by atoms with E-state index in [4.69, 9.17) is 5.39 Å². The maximum Gasteiger partial charge on any atom is 1.00 e. The predicted molar refractivity (Wildman–Crippen MR) is 99.6 cm³/mol. The second-order valence-corrected chi connectivity index (χ2v) is 7.71. The maximum absolute atomic E-state index is 8.91. The first-order valence-corrected chi connectivity index (χ1v) is 9.54. The largest absolute Gasteiger partial charge is 1.00 e. The molecule has 2 saturated carbocycles. The van der Waals surface area contributed by atoms with Crippen LogP contribution in [-0.2, 0) is 0 Å². The monoisotopic (exact) mass is 403 g/mol. The van der Waals surface area contributed by atoms with Crippen LogP contribution in [0.4, 0.5) is 5.69 Å². The van der Waals surface area contributed by atoms with E-state index in [1.54, 1.807) is 0 Å². The molecule has 0 radical (unpaired) electrons. The van der Waals surface area contributed by atoms with E-state index in [0.29, 0.717) is 5.69 Å². The van der Waals surface area contributed by atoms with E-state index < -0.39 is 0 Å². The Balaban J connectivity index is 0.00000182. The molecular formula is C22H26N2Rb+. The molecule has 2 aromatic rings. The van der Waals surface area contributed by atoms with Crippen LogP contribution in [0.5, 0.6) is 0 Å². The van der Waals surface area contributed by atoms with Gasteiger partial charge >= 0.3 is 63.9 Å². The fourth-order valence-electron chi connectivity index (χ4n) is 4.92. The molecule has 4 rings (SSSR count). The van der Waals surface area contributed by atoms with Gasteiger partial charge in [0.1, 0.15) is 0 Å². The van der Waals surface area contributed by atoms with Crippen LogP contribution >= 0.6 is 0 Å². The van der Waals surface area contributed by atoms with Crippen LogP contribution in [0.2, 0.25) is 0 Å². The summed E-state index contributed by atoms with van der Waals surface area (Å²) in [5, 5.41) is 11.3. The molecule has 0 unspecified atom stereocenters. The number of rotatable bonds is 2. The summed E-state index contributed by atoms with van der Waals surface area (Å²) in [6, 6.07) is 12.7. The molecule has 2 aliphatic carbocycles. The van der Waals surface area contributed by atoms with Gasteiger partial charge in [0, 0.05) is 12.1 Å². The van der Waals surface area contributed by atoms with Gasteiger partial charge in [0.25, 0.3) is 0 Å². The van der Waals surface area contributed by atoms with Gasteiger partial charge in [0.2, 0.25) is 5.39 Å². The molecule has 3 heteroatoms. The van der Waals surface area contributed by atoms with Crippen molar-refractivity contribution in [3.63, 3.8) is 0 Å². The maximum atomic E-state index is 8.91. The summed E-state index contributed by atoms with van der Waals surface area (Å²) in [7, 11) is 0. The van der Waals surface area contributed by atoms with E-state index in [1.165, 1.54) is 62.3 Å². The van der Waals surface area contributed by atoms with Crippen molar-refractivity contribution >= 4 is 16.5 Å². The van der Waals surface area contributed by atoms with Crippen LogP contribution < -0.4 is 58.2 Å². The fourth-order valence-corrected chi connectivity index (χ4v) is 4.92. The molecule has 2 fully saturated rings. The molecule has 0 bridgehead atoms. The number of hydrogen-bond donors (Lipinski definition) is 0.